The van der Waals surface area contributed by atoms with Crippen molar-refractivity contribution in [3.8, 4) is 0 Å². The fourth-order valence-electron chi connectivity index (χ4n) is 1.57. The lowest BCUT2D eigenvalue weighted by atomic mass is 9.77. The monoisotopic (exact) mass is 185 g/mol. The first-order valence-corrected chi connectivity index (χ1v) is 4.23. The van der Waals surface area contributed by atoms with Gasteiger partial charge in [-0.3, -0.25) is 4.79 Å². The fourth-order valence-corrected chi connectivity index (χ4v) is 1.57. The van der Waals surface area contributed by atoms with Gasteiger partial charge in [0, 0.05) is 0 Å². The van der Waals surface area contributed by atoms with Crippen LogP contribution in [-0.2, 0) is 4.79 Å². The third kappa shape index (κ3) is 1.59. The normalized spacial score (nSPS) is 34.9. The first kappa shape index (κ1) is 10.2. The molecule has 0 bridgehead atoms. The van der Waals surface area contributed by atoms with Crippen molar-refractivity contribution in [2.75, 3.05) is 0 Å². The highest BCUT2D eigenvalue weighted by Gasteiger charge is 2.44. The molecule has 0 aromatic heterocycles. The average Bonchev–Trinajstić information content (AvgIpc) is 2.01. The second-order valence-corrected chi connectivity index (χ2v) is 3.80. The van der Waals surface area contributed by atoms with E-state index in [9.17, 15) is 9.90 Å². The number of carboxylic acids is 1. The van der Waals surface area contributed by atoms with Gasteiger partial charge in [0.15, 0.2) is 0 Å². The Morgan fingerprint density at radius 2 is 2.08 bits per heavy atom. The first-order valence-electron chi connectivity index (χ1n) is 4.23. The summed E-state index contributed by atoms with van der Waals surface area (Å²) in [6, 6.07) is 0. The lowest BCUT2D eigenvalue weighted by Crippen LogP contribution is -2.59. The third-order valence-electron chi connectivity index (χ3n) is 2.78. The van der Waals surface area contributed by atoms with E-state index in [1.165, 1.54) is 0 Å². The van der Waals surface area contributed by atoms with E-state index in [1.807, 2.05) is 13.8 Å². The number of carbonyl (C=O) groups is 1. The van der Waals surface area contributed by atoms with E-state index < -0.39 is 17.6 Å². The van der Waals surface area contributed by atoms with Crippen molar-refractivity contribution >= 4 is 5.97 Å². The molecule has 74 valence electrons. The van der Waals surface area contributed by atoms with Gasteiger partial charge in [0.1, 0.15) is 5.54 Å². The summed E-state index contributed by atoms with van der Waals surface area (Å²) in [5.74, 6) is -1.13. The van der Waals surface area contributed by atoms with Crippen molar-refractivity contribution in [3.63, 3.8) is 0 Å². The van der Waals surface area contributed by atoms with E-state index in [-0.39, 0.29) is 6.42 Å². The van der Waals surface area contributed by atoms with Crippen molar-refractivity contribution in [1.29, 1.82) is 0 Å². The predicted octanol–water partition coefficient (Wildman–Crippen LogP) is 0.260. The molecule has 0 fully saturated rings. The number of carboxylic acid groups (broad SMARTS) is 1. The number of aliphatic hydroxyl groups excluding tert-OH is 1. The van der Waals surface area contributed by atoms with Crippen LogP contribution in [0.4, 0.5) is 0 Å². The van der Waals surface area contributed by atoms with Gasteiger partial charge in [-0.2, -0.15) is 0 Å². The number of hydrogen-bond acceptors (Lipinski definition) is 3. The molecule has 0 aromatic rings. The first-order chi connectivity index (χ1) is 5.88. The van der Waals surface area contributed by atoms with Gasteiger partial charge in [0.25, 0.3) is 0 Å². The summed E-state index contributed by atoms with van der Waals surface area (Å²) in [5.41, 5.74) is 6.12. The molecule has 4 nitrogen and oxygen atoms in total. The largest absolute Gasteiger partial charge is 0.480 e. The number of nitrogens with two attached hydrogens (primary N) is 1. The number of hydrogen-bond donors (Lipinski definition) is 3. The van der Waals surface area contributed by atoms with Crippen LogP contribution in [-0.4, -0.2) is 27.8 Å². The van der Waals surface area contributed by atoms with E-state index in [2.05, 4.69) is 0 Å². The Labute approximate surface area is 77.1 Å². The molecule has 0 aliphatic heterocycles. The van der Waals surface area contributed by atoms with E-state index in [0.717, 1.165) is 11.1 Å². The van der Waals surface area contributed by atoms with Gasteiger partial charge in [0.2, 0.25) is 0 Å². The third-order valence-corrected chi connectivity index (χ3v) is 2.78. The zero-order valence-corrected chi connectivity index (χ0v) is 7.87. The molecule has 0 heterocycles. The molecule has 2 atom stereocenters. The second kappa shape index (κ2) is 3.12. The smallest absolute Gasteiger partial charge is 0.326 e. The van der Waals surface area contributed by atoms with Crippen LogP contribution in [0.2, 0.25) is 0 Å². The summed E-state index contributed by atoms with van der Waals surface area (Å²) in [4.78, 5) is 10.8. The molecule has 4 N–H and O–H groups in total. The maximum absolute atomic E-state index is 10.8. The van der Waals surface area contributed by atoms with Crippen LogP contribution in [0.15, 0.2) is 11.1 Å². The van der Waals surface area contributed by atoms with Crippen molar-refractivity contribution in [2.45, 2.75) is 38.3 Å². The second-order valence-electron chi connectivity index (χ2n) is 3.80. The molecule has 4 heteroatoms. The molecule has 0 saturated carbocycles. The molecule has 0 aromatic carbocycles. The van der Waals surface area contributed by atoms with Crippen LogP contribution in [0.3, 0.4) is 0 Å². The minimum absolute atomic E-state index is 0.231. The van der Waals surface area contributed by atoms with Crippen LogP contribution in [0.5, 0.6) is 0 Å². The van der Waals surface area contributed by atoms with Crippen molar-refractivity contribution in [3.05, 3.63) is 11.1 Å². The Bertz CT molecular complexity index is 272. The lowest BCUT2D eigenvalue weighted by molar-refractivity contribution is -0.148. The van der Waals surface area contributed by atoms with Crippen LogP contribution >= 0.6 is 0 Å². The number of rotatable bonds is 1. The predicted molar refractivity (Wildman–Crippen MR) is 48.2 cm³/mol. The lowest BCUT2D eigenvalue weighted by Gasteiger charge is -2.35. The summed E-state index contributed by atoms with van der Waals surface area (Å²) in [6.45, 7) is 3.74. The zero-order valence-electron chi connectivity index (χ0n) is 7.87. The van der Waals surface area contributed by atoms with Crippen LogP contribution in [0.25, 0.3) is 0 Å². The van der Waals surface area contributed by atoms with Gasteiger partial charge in [-0.05, 0) is 26.7 Å². The Morgan fingerprint density at radius 1 is 1.54 bits per heavy atom. The Kier molecular flexibility index (Phi) is 2.45. The molecular weight excluding hydrogens is 170 g/mol. The molecule has 0 amide bonds. The van der Waals surface area contributed by atoms with Gasteiger partial charge < -0.3 is 15.9 Å². The van der Waals surface area contributed by atoms with Crippen molar-refractivity contribution in [1.82, 2.24) is 0 Å². The molecule has 0 saturated heterocycles. The molecule has 0 radical (unpaired) electrons. The Hall–Kier alpha value is -0.870. The van der Waals surface area contributed by atoms with E-state index in [0.29, 0.717) is 6.42 Å². The average molecular weight is 185 g/mol. The molecule has 1 aliphatic carbocycles. The van der Waals surface area contributed by atoms with Crippen LogP contribution in [0.1, 0.15) is 26.7 Å². The topological polar surface area (TPSA) is 83.6 Å². The maximum Gasteiger partial charge on any atom is 0.326 e. The minimum Gasteiger partial charge on any atom is -0.480 e. The molecular formula is C9H15NO3. The van der Waals surface area contributed by atoms with Crippen molar-refractivity contribution in [2.24, 2.45) is 5.73 Å². The molecule has 1 rings (SSSR count). The van der Waals surface area contributed by atoms with Gasteiger partial charge in [-0.25, -0.2) is 0 Å². The molecule has 1 aliphatic rings. The van der Waals surface area contributed by atoms with Gasteiger partial charge in [-0.1, -0.05) is 11.1 Å². The SMILES string of the molecule is CC1=C(C)C[C@](N)(C(=O)O)[C@@H](O)C1. The standard InChI is InChI=1S/C9H15NO3/c1-5-3-7(11)9(10,8(12)13)4-6(5)2/h7,11H,3-4,10H2,1-2H3,(H,12,13)/t7-,9+/m0/s1. The fraction of sp³-hybridized carbons (Fsp3) is 0.667. The van der Waals surface area contributed by atoms with E-state index >= 15 is 0 Å². The van der Waals surface area contributed by atoms with Gasteiger partial charge in [-0.15, -0.1) is 0 Å². The maximum atomic E-state index is 10.8. The summed E-state index contributed by atoms with van der Waals surface area (Å²) < 4.78 is 0. The quantitative estimate of drug-likeness (QED) is 0.512. The summed E-state index contributed by atoms with van der Waals surface area (Å²) in [6.07, 6.45) is -0.391. The van der Waals surface area contributed by atoms with Crippen LogP contribution in [0, 0.1) is 0 Å². The Morgan fingerprint density at radius 3 is 2.54 bits per heavy atom. The highest BCUT2D eigenvalue weighted by Crippen LogP contribution is 2.31. The van der Waals surface area contributed by atoms with Crippen molar-refractivity contribution < 1.29 is 15.0 Å². The highest BCUT2D eigenvalue weighted by atomic mass is 16.4. The molecule has 13 heavy (non-hydrogen) atoms. The molecule has 0 spiro atoms. The summed E-state index contributed by atoms with van der Waals surface area (Å²) in [5, 5.41) is 18.4. The van der Waals surface area contributed by atoms with Gasteiger partial charge in [0.05, 0.1) is 6.10 Å². The minimum atomic E-state index is -1.50. The van der Waals surface area contributed by atoms with Gasteiger partial charge >= 0.3 is 5.97 Å². The number of aliphatic carboxylic acids is 1. The zero-order chi connectivity index (χ0) is 10.2. The number of aliphatic hydroxyl groups is 1. The van der Waals surface area contributed by atoms with Crippen LogP contribution < -0.4 is 5.73 Å². The summed E-state index contributed by atoms with van der Waals surface area (Å²) in [7, 11) is 0. The Balaban J connectivity index is 2.99. The highest BCUT2D eigenvalue weighted by molar-refractivity contribution is 5.80. The van der Waals surface area contributed by atoms with E-state index in [1.54, 1.807) is 0 Å². The summed E-state index contributed by atoms with van der Waals surface area (Å²) >= 11 is 0. The molecule has 0 unspecified atom stereocenters. The van der Waals surface area contributed by atoms with E-state index in [4.69, 9.17) is 10.8 Å².